The molecule has 2 aliphatic heterocycles. The van der Waals surface area contributed by atoms with Crippen molar-refractivity contribution in [3.05, 3.63) is 0 Å². The van der Waals surface area contributed by atoms with E-state index in [1.54, 1.807) is 0 Å². The zero-order valence-corrected chi connectivity index (χ0v) is 14.2. The molecule has 2 rings (SSSR count). The summed E-state index contributed by atoms with van der Waals surface area (Å²) in [7, 11) is 0. The molecule has 2 heterocycles. The Morgan fingerprint density at radius 3 is 1.19 bits per heavy atom. The Balaban J connectivity index is 0.000000211. The lowest BCUT2D eigenvalue weighted by molar-refractivity contribution is -0.135. The van der Waals surface area contributed by atoms with Gasteiger partial charge in [-0.1, -0.05) is 27.7 Å². The van der Waals surface area contributed by atoms with E-state index in [9.17, 15) is 9.59 Å². The van der Waals surface area contributed by atoms with Gasteiger partial charge in [0.15, 0.2) is 0 Å². The molecule has 0 bridgehead atoms. The zero-order chi connectivity index (χ0) is 15.8. The Kier molecular flexibility index (Phi) is 7.76. The van der Waals surface area contributed by atoms with Crippen LogP contribution >= 0.6 is 0 Å². The maximum Gasteiger partial charge on any atom is 0.225 e. The van der Waals surface area contributed by atoms with E-state index in [4.69, 9.17) is 0 Å². The lowest BCUT2D eigenvalue weighted by Gasteiger charge is -2.28. The van der Waals surface area contributed by atoms with E-state index in [1.165, 1.54) is 32.1 Å². The highest BCUT2D eigenvalue weighted by molar-refractivity contribution is 5.78. The van der Waals surface area contributed by atoms with Crippen LogP contribution in [0.2, 0.25) is 0 Å². The predicted molar refractivity (Wildman–Crippen MR) is 85.9 cm³/mol. The first kappa shape index (κ1) is 18.0. The van der Waals surface area contributed by atoms with Gasteiger partial charge in [0.1, 0.15) is 0 Å². The van der Waals surface area contributed by atoms with Crippen molar-refractivity contribution in [3.8, 4) is 0 Å². The van der Waals surface area contributed by atoms with E-state index >= 15 is 0 Å². The highest BCUT2D eigenvalue weighted by atomic mass is 16.2. The molecule has 0 atom stereocenters. The van der Waals surface area contributed by atoms with Crippen molar-refractivity contribution in [2.45, 2.75) is 59.8 Å². The van der Waals surface area contributed by atoms with E-state index in [-0.39, 0.29) is 11.8 Å². The Morgan fingerprint density at radius 2 is 0.905 bits per heavy atom. The second kappa shape index (κ2) is 9.06. The Morgan fingerprint density at radius 1 is 0.619 bits per heavy atom. The molecule has 0 aromatic heterocycles. The van der Waals surface area contributed by atoms with Crippen molar-refractivity contribution < 1.29 is 9.59 Å². The summed E-state index contributed by atoms with van der Waals surface area (Å²) in [5, 5.41) is 0. The topological polar surface area (TPSA) is 40.6 Å². The van der Waals surface area contributed by atoms with Crippen molar-refractivity contribution in [1.82, 2.24) is 9.80 Å². The third-order valence-corrected chi connectivity index (χ3v) is 4.07. The van der Waals surface area contributed by atoms with E-state index < -0.39 is 0 Å². The number of hydrogen-bond donors (Lipinski definition) is 0. The maximum atomic E-state index is 11.4. The van der Waals surface area contributed by atoms with Crippen molar-refractivity contribution in [2.75, 3.05) is 26.2 Å². The van der Waals surface area contributed by atoms with Gasteiger partial charge in [0.2, 0.25) is 11.8 Å². The lowest BCUT2D eigenvalue weighted by atomic mass is 10.1. The largest absolute Gasteiger partial charge is 0.342 e. The standard InChI is InChI=1S/C9H17NO.C8H15NO/c1-8(2)9(11)10-6-4-3-5-7-10;1-7(2)8(10)9-5-3-4-6-9/h8H,3-7H2,1-2H3;7H,3-6H2,1-2H3. The van der Waals surface area contributed by atoms with Gasteiger partial charge in [-0.15, -0.1) is 0 Å². The summed E-state index contributed by atoms with van der Waals surface area (Å²) in [4.78, 5) is 26.7. The summed E-state index contributed by atoms with van der Waals surface area (Å²) >= 11 is 0. The number of piperidine rings is 1. The SMILES string of the molecule is CC(C)C(=O)N1CCCC1.CC(C)C(=O)N1CCCCC1. The number of nitrogens with zero attached hydrogens (tertiary/aromatic N) is 2. The summed E-state index contributed by atoms with van der Waals surface area (Å²) in [6, 6.07) is 0. The van der Waals surface area contributed by atoms with Crippen LogP contribution in [0.25, 0.3) is 0 Å². The molecule has 0 saturated carbocycles. The molecule has 21 heavy (non-hydrogen) atoms. The van der Waals surface area contributed by atoms with Crippen LogP contribution < -0.4 is 0 Å². The Hall–Kier alpha value is -1.06. The minimum Gasteiger partial charge on any atom is -0.342 e. The first-order valence-corrected chi connectivity index (χ1v) is 8.51. The number of amides is 2. The quantitative estimate of drug-likeness (QED) is 0.786. The molecule has 0 radical (unpaired) electrons. The molecule has 4 nitrogen and oxygen atoms in total. The van der Waals surface area contributed by atoms with Crippen molar-refractivity contribution in [2.24, 2.45) is 11.8 Å². The van der Waals surface area contributed by atoms with Gasteiger partial charge in [0.05, 0.1) is 0 Å². The molecule has 0 N–H and O–H groups in total. The average Bonchev–Trinajstić information content (AvgIpc) is 3.01. The van der Waals surface area contributed by atoms with Crippen LogP contribution in [-0.2, 0) is 9.59 Å². The van der Waals surface area contributed by atoms with Crippen LogP contribution in [0.3, 0.4) is 0 Å². The molecule has 2 amide bonds. The fraction of sp³-hybridized carbons (Fsp3) is 0.882. The van der Waals surface area contributed by atoms with E-state index in [2.05, 4.69) is 0 Å². The number of rotatable bonds is 2. The van der Waals surface area contributed by atoms with Gasteiger partial charge < -0.3 is 9.80 Å². The van der Waals surface area contributed by atoms with Crippen molar-refractivity contribution in [3.63, 3.8) is 0 Å². The second-order valence-corrected chi connectivity index (χ2v) is 6.73. The van der Waals surface area contributed by atoms with E-state index in [0.29, 0.717) is 11.8 Å². The molecule has 122 valence electrons. The molecule has 0 aliphatic carbocycles. The molecule has 2 aliphatic rings. The van der Waals surface area contributed by atoms with Crippen LogP contribution in [0.1, 0.15) is 59.8 Å². The molecule has 2 fully saturated rings. The molecule has 4 heteroatoms. The van der Waals surface area contributed by atoms with Gasteiger partial charge in [-0.2, -0.15) is 0 Å². The molecule has 0 spiro atoms. The van der Waals surface area contributed by atoms with Gasteiger partial charge in [0.25, 0.3) is 0 Å². The first-order valence-electron chi connectivity index (χ1n) is 8.51. The highest BCUT2D eigenvalue weighted by Crippen LogP contribution is 2.12. The monoisotopic (exact) mass is 296 g/mol. The van der Waals surface area contributed by atoms with E-state index in [0.717, 1.165) is 26.2 Å². The molecule has 2 saturated heterocycles. The van der Waals surface area contributed by atoms with Gasteiger partial charge in [0, 0.05) is 38.0 Å². The average molecular weight is 296 g/mol. The number of hydrogen-bond acceptors (Lipinski definition) is 2. The maximum absolute atomic E-state index is 11.4. The number of likely N-dealkylation sites (tertiary alicyclic amines) is 2. The predicted octanol–water partition coefficient (Wildman–Crippen LogP) is 2.92. The smallest absolute Gasteiger partial charge is 0.225 e. The molecule has 0 unspecified atom stereocenters. The van der Waals surface area contributed by atoms with Crippen LogP contribution in [0.4, 0.5) is 0 Å². The summed E-state index contributed by atoms with van der Waals surface area (Å²) in [6.07, 6.45) is 6.07. The van der Waals surface area contributed by atoms with Crippen LogP contribution in [0, 0.1) is 11.8 Å². The second-order valence-electron chi connectivity index (χ2n) is 6.73. The third kappa shape index (κ3) is 6.06. The minimum absolute atomic E-state index is 0.174. The normalized spacial score (nSPS) is 18.8. The molecular formula is C17H32N2O2. The summed E-state index contributed by atoms with van der Waals surface area (Å²) in [5.41, 5.74) is 0. The molecule has 0 aromatic carbocycles. The van der Waals surface area contributed by atoms with Crippen molar-refractivity contribution in [1.29, 1.82) is 0 Å². The Labute approximate surface area is 129 Å². The first-order chi connectivity index (χ1) is 9.93. The van der Waals surface area contributed by atoms with Gasteiger partial charge in [-0.25, -0.2) is 0 Å². The minimum atomic E-state index is 0.174. The summed E-state index contributed by atoms with van der Waals surface area (Å²) in [5.74, 6) is 0.994. The number of carbonyl (C=O) groups excluding carboxylic acids is 2. The van der Waals surface area contributed by atoms with Crippen LogP contribution in [-0.4, -0.2) is 47.8 Å². The molecule has 0 aromatic rings. The molecular weight excluding hydrogens is 264 g/mol. The van der Waals surface area contributed by atoms with E-state index in [1.807, 2.05) is 37.5 Å². The fourth-order valence-electron chi connectivity index (χ4n) is 2.78. The van der Waals surface area contributed by atoms with Gasteiger partial charge in [-0.05, 0) is 32.1 Å². The van der Waals surface area contributed by atoms with Crippen molar-refractivity contribution >= 4 is 11.8 Å². The fourth-order valence-corrected chi connectivity index (χ4v) is 2.78. The zero-order valence-electron chi connectivity index (χ0n) is 14.2. The summed E-state index contributed by atoms with van der Waals surface area (Å²) < 4.78 is 0. The third-order valence-electron chi connectivity index (χ3n) is 4.07. The highest BCUT2D eigenvalue weighted by Gasteiger charge is 2.20. The summed E-state index contributed by atoms with van der Waals surface area (Å²) in [6.45, 7) is 11.8. The Bertz CT molecular complexity index is 328. The van der Waals surface area contributed by atoms with Crippen LogP contribution in [0.15, 0.2) is 0 Å². The van der Waals surface area contributed by atoms with Gasteiger partial charge >= 0.3 is 0 Å². The lowest BCUT2D eigenvalue weighted by Crippen LogP contribution is -2.38. The van der Waals surface area contributed by atoms with Gasteiger partial charge in [-0.3, -0.25) is 9.59 Å². The van der Waals surface area contributed by atoms with Crippen LogP contribution in [0.5, 0.6) is 0 Å². The number of carbonyl (C=O) groups is 2.